The third-order valence-electron chi connectivity index (χ3n) is 1.20. The first-order chi connectivity index (χ1) is 4.75. The van der Waals surface area contributed by atoms with Crippen LogP contribution in [0, 0.1) is 5.82 Å². The third-order valence-corrected chi connectivity index (χ3v) is 1.20. The van der Waals surface area contributed by atoms with Crippen molar-refractivity contribution in [3.05, 3.63) is 29.6 Å². The number of carbonyl (C=O) groups excluding carboxylic acids is 1. The van der Waals surface area contributed by atoms with E-state index in [4.69, 9.17) is 7.85 Å². The molecular weight excluding hydrogens is 130 g/mol. The quantitative estimate of drug-likeness (QED) is 0.402. The Kier molecular flexibility index (Phi) is 1.85. The number of hydrogen-bond donors (Lipinski definition) is 0. The minimum Gasteiger partial charge on any atom is -0.298 e. The summed E-state index contributed by atoms with van der Waals surface area (Å²) < 4.78 is 12.5. The molecule has 0 N–H and O–H groups in total. The van der Waals surface area contributed by atoms with Crippen molar-refractivity contribution in [2.75, 3.05) is 0 Å². The van der Waals surface area contributed by atoms with Crippen molar-refractivity contribution in [3.63, 3.8) is 0 Å². The molecule has 48 valence electrons. The maximum atomic E-state index is 12.5. The van der Waals surface area contributed by atoms with Gasteiger partial charge in [-0.25, -0.2) is 4.39 Å². The highest BCUT2D eigenvalue weighted by Crippen LogP contribution is 1.98. The predicted molar refractivity (Wildman–Crippen MR) is 37.2 cm³/mol. The Labute approximate surface area is 59.3 Å². The molecule has 1 aromatic rings. The molecule has 1 aromatic carbocycles. The Morgan fingerprint density at radius 2 is 2.20 bits per heavy atom. The van der Waals surface area contributed by atoms with Gasteiger partial charge in [0, 0.05) is 5.56 Å². The number of rotatable bonds is 1. The van der Waals surface area contributed by atoms with E-state index in [1.165, 1.54) is 18.2 Å². The number of benzene rings is 1. The molecule has 0 heterocycles. The average Bonchev–Trinajstić information content (AvgIpc) is 1.88. The lowest BCUT2D eigenvalue weighted by Crippen LogP contribution is -2.11. The molecule has 0 aliphatic carbocycles. The molecule has 1 nitrogen and oxygen atoms in total. The zero-order chi connectivity index (χ0) is 7.56. The van der Waals surface area contributed by atoms with Gasteiger partial charge in [0.1, 0.15) is 13.7 Å². The second-order valence-corrected chi connectivity index (χ2v) is 1.86. The SMILES string of the molecule is [B]c1cccc(F)c1C=O. The Morgan fingerprint density at radius 1 is 1.50 bits per heavy atom. The van der Waals surface area contributed by atoms with Crippen LogP contribution in [0.25, 0.3) is 0 Å². The van der Waals surface area contributed by atoms with E-state index in [-0.39, 0.29) is 11.0 Å². The van der Waals surface area contributed by atoms with Crippen LogP contribution in [0.5, 0.6) is 0 Å². The van der Waals surface area contributed by atoms with Gasteiger partial charge in [-0.05, 0) is 6.07 Å². The molecule has 2 radical (unpaired) electrons. The van der Waals surface area contributed by atoms with Crippen molar-refractivity contribution < 1.29 is 9.18 Å². The topological polar surface area (TPSA) is 17.1 Å². The normalized spacial score (nSPS) is 9.30. The molecule has 0 atom stereocenters. The van der Waals surface area contributed by atoms with E-state index in [0.29, 0.717) is 6.29 Å². The molecule has 0 aromatic heterocycles. The van der Waals surface area contributed by atoms with Crippen LogP contribution in [0.1, 0.15) is 10.4 Å². The Bertz CT molecular complexity index is 240. The summed E-state index contributed by atoms with van der Waals surface area (Å²) in [5.74, 6) is -0.574. The fourth-order valence-corrected chi connectivity index (χ4v) is 0.678. The largest absolute Gasteiger partial charge is 0.298 e. The first-order valence-corrected chi connectivity index (χ1v) is 2.75. The van der Waals surface area contributed by atoms with Gasteiger partial charge < -0.3 is 0 Å². The van der Waals surface area contributed by atoms with Gasteiger partial charge in [-0.1, -0.05) is 17.6 Å². The molecule has 0 unspecified atom stereocenters. The van der Waals surface area contributed by atoms with Gasteiger partial charge in [0.15, 0.2) is 6.29 Å². The molecule has 0 saturated carbocycles. The van der Waals surface area contributed by atoms with Crippen molar-refractivity contribution in [1.29, 1.82) is 0 Å². The van der Waals surface area contributed by atoms with Crippen LogP contribution in [0.2, 0.25) is 0 Å². The first-order valence-electron chi connectivity index (χ1n) is 2.75. The van der Waals surface area contributed by atoms with Crippen LogP contribution in [0.3, 0.4) is 0 Å². The fourth-order valence-electron chi connectivity index (χ4n) is 0.678. The van der Waals surface area contributed by atoms with E-state index in [9.17, 15) is 9.18 Å². The van der Waals surface area contributed by atoms with Crippen molar-refractivity contribution in [3.8, 4) is 0 Å². The van der Waals surface area contributed by atoms with Gasteiger partial charge in [0.2, 0.25) is 0 Å². The number of aldehydes is 1. The second-order valence-electron chi connectivity index (χ2n) is 1.86. The van der Waals surface area contributed by atoms with Crippen LogP contribution in [0.4, 0.5) is 4.39 Å². The van der Waals surface area contributed by atoms with E-state index >= 15 is 0 Å². The van der Waals surface area contributed by atoms with Crippen LogP contribution in [-0.2, 0) is 0 Å². The highest BCUT2D eigenvalue weighted by atomic mass is 19.1. The molecule has 0 saturated heterocycles. The van der Waals surface area contributed by atoms with Gasteiger partial charge in [-0.2, -0.15) is 0 Å². The summed E-state index contributed by atoms with van der Waals surface area (Å²) in [6.45, 7) is 0. The minimum absolute atomic E-state index is 0.0671. The van der Waals surface area contributed by atoms with E-state index in [2.05, 4.69) is 0 Å². The molecule has 0 amide bonds. The summed E-state index contributed by atoms with van der Waals surface area (Å²) in [5.41, 5.74) is 0.109. The van der Waals surface area contributed by atoms with Gasteiger partial charge >= 0.3 is 0 Å². The molecule has 0 spiro atoms. The van der Waals surface area contributed by atoms with E-state index in [0.717, 1.165) is 0 Å². The van der Waals surface area contributed by atoms with Gasteiger partial charge in [-0.3, -0.25) is 4.79 Å². The smallest absolute Gasteiger partial charge is 0.152 e. The summed E-state index contributed by atoms with van der Waals surface area (Å²) in [7, 11) is 5.26. The summed E-state index contributed by atoms with van der Waals surface area (Å²) in [6, 6.07) is 4.13. The molecule has 0 aliphatic rings. The highest BCUT2D eigenvalue weighted by Gasteiger charge is 2.00. The Balaban J connectivity index is 3.30. The molecule has 0 fully saturated rings. The lowest BCUT2D eigenvalue weighted by Gasteiger charge is -1.96. The Hall–Kier alpha value is -1.12. The van der Waals surface area contributed by atoms with E-state index < -0.39 is 5.82 Å². The number of carbonyl (C=O) groups is 1. The predicted octanol–water partition coefficient (Wildman–Crippen LogP) is 0.432. The van der Waals surface area contributed by atoms with Gasteiger partial charge in [0.25, 0.3) is 0 Å². The standard InChI is InChI=1S/C7H4BFO/c8-6-2-1-3-7(9)5(6)4-10/h1-4H. The number of halogens is 1. The van der Waals surface area contributed by atoms with Crippen molar-refractivity contribution in [2.45, 2.75) is 0 Å². The molecule has 0 bridgehead atoms. The third kappa shape index (κ3) is 1.08. The first kappa shape index (κ1) is 7.00. The zero-order valence-electron chi connectivity index (χ0n) is 5.17. The number of hydrogen-bond acceptors (Lipinski definition) is 1. The Morgan fingerprint density at radius 3 is 2.60 bits per heavy atom. The fraction of sp³-hybridized carbons (Fsp3) is 0. The van der Waals surface area contributed by atoms with Crippen LogP contribution in [-0.4, -0.2) is 14.1 Å². The maximum absolute atomic E-state index is 12.5. The maximum Gasteiger partial charge on any atom is 0.152 e. The summed E-state index contributed by atoms with van der Waals surface area (Å²) in [6.07, 6.45) is 0.407. The second kappa shape index (κ2) is 2.65. The molecule has 1 rings (SSSR count). The molecule has 10 heavy (non-hydrogen) atoms. The average molecular weight is 134 g/mol. The summed E-state index contributed by atoms with van der Waals surface area (Å²) in [5, 5.41) is 0. The van der Waals surface area contributed by atoms with Gasteiger partial charge in [0.05, 0.1) is 0 Å². The van der Waals surface area contributed by atoms with Crippen LogP contribution in [0.15, 0.2) is 18.2 Å². The lowest BCUT2D eigenvalue weighted by molar-refractivity contribution is 0.112. The summed E-state index contributed by atoms with van der Waals surface area (Å²) in [4.78, 5) is 10.1. The van der Waals surface area contributed by atoms with Gasteiger partial charge in [-0.15, -0.1) is 0 Å². The monoisotopic (exact) mass is 134 g/mol. The lowest BCUT2D eigenvalue weighted by atomic mass is 9.91. The zero-order valence-corrected chi connectivity index (χ0v) is 5.17. The van der Waals surface area contributed by atoms with Crippen LogP contribution >= 0.6 is 0 Å². The van der Waals surface area contributed by atoms with E-state index in [1.54, 1.807) is 0 Å². The molecular formula is C7H4BFO. The van der Waals surface area contributed by atoms with Crippen molar-refractivity contribution >= 4 is 19.6 Å². The highest BCUT2D eigenvalue weighted by molar-refractivity contribution is 6.35. The summed E-state index contributed by atoms with van der Waals surface area (Å²) >= 11 is 0. The molecule has 0 aliphatic heterocycles. The van der Waals surface area contributed by atoms with Crippen LogP contribution < -0.4 is 5.46 Å². The van der Waals surface area contributed by atoms with Crippen molar-refractivity contribution in [1.82, 2.24) is 0 Å². The molecule has 3 heteroatoms. The van der Waals surface area contributed by atoms with E-state index in [1.807, 2.05) is 0 Å². The minimum atomic E-state index is -0.574. The van der Waals surface area contributed by atoms with Crippen molar-refractivity contribution in [2.24, 2.45) is 0 Å².